The molecule has 0 bridgehead atoms. The maximum absolute atomic E-state index is 13.0. The Morgan fingerprint density at radius 1 is 0.967 bits per heavy atom. The molecule has 0 saturated heterocycles. The fourth-order valence-corrected chi connectivity index (χ4v) is 4.39. The van der Waals surface area contributed by atoms with Crippen LogP contribution in [0.25, 0.3) is 0 Å². The standard InChI is InChI=1S/C21H14Cl2N2O5/c1-25-13-3-2-8-18(19(13)24)20(28)30-21(8)9-4-11(22)14(26)6-16(9)29-17-7-15(27)12(23)5-10(17)21/h2-7,25-27H,24H2,1H3. The summed E-state index contributed by atoms with van der Waals surface area (Å²) < 4.78 is 11.9. The van der Waals surface area contributed by atoms with Crippen molar-refractivity contribution in [3.8, 4) is 23.0 Å². The number of hydrogen-bond acceptors (Lipinski definition) is 7. The number of nitrogens with two attached hydrogens (primary N) is 1. The fourth-order valence-electron chi connectivity index (χ4n) is 4.06. The van der Waals surface area contributed by atoms with Crippen molar-refractivity contribution in [2.75, 3.05) is 18.1 Å². The number of esters is 1. The highest BCUT2D eigenvalue weighted by Gasteiger charge is 2.55. The summed E-state index contributed by atoms with van der Waals surface area (Å²) in [6, 6.07) is 9.05. The van der Waals surface area contributed by atoms with Gasteiger partial charge in [0.15, 0.2) is 5.60 Å². The Kier molecular flexibility index (Phi) is 3.81. The first kappa shape index (κ1) is 18.7. The van der Waals surface area contributed by atoms with Gasteiger partial charge in [-0.15, -0.1) is 0 Å². The molecule has 0 unspecified atom stereocenters. The van der Waals surface area contributed by atoms with E-state index in [1.165, 1.54) is 24.3 Å². The predicted molar refractivity (Wildman–Crippen MR) is 112 cm³/mol. The van der Waals surface area contributed by atoms with E-state index in [1.54, 1.807) is 19.2 Å². The van der Waals surface area contributed by atoms with Gasteiger partial charge in [0.25, 0.3) is 0 Å². The highest BCUT2D eigenvalue weighted by molar-refractivity contribution is 6.32. The number of nitrogens with one attached hydrogen (secondary N) is 1. The maximum Gasteiger partial charge on any atom is 0.342 e. The number of phenols is 2. The summed E-state index contributed by atoms with van der Waals surface area (Å²) in [4.78, 5) is 13.0. The molecule has 152 valence electrons. The number of ether oxygens (including phenoxy) is 2. The van der Waals surface area contributed by atoms with Gasteiger partial charge in [-0.25, -0.2) is 4.79 Å². The van der Waals surface area contributed by atoms with Crippen molar-refractivity contribution >= 4 is 40.5 Å². The Morgan fingerprint density at radius 2 is 1.53 bits per heavy atom. The summed E-state index contributed by atoms with van der Waals surface area (Å²) in [7, 11) is 1.69. The average Bonchev–Trinajstić information content (AvgIpc) is 3.00. The molecule has 1 spiro atoms. The lowest BCUT2D eigenvalue weighted by atomic mass is 9.77. The maximum atomic E-state index is 13.0. The Morgan fingerprint density at radius 3 is 2.07 bits per heavy atom. The van der Waals surface area contributed by atoms with Crippen LogP contribution in [0.4, 0.5) is 11.4 Å². The van der Waals surface area contributed by atoms with Crippen molar-refractivity contribution in [3.63, 3.8) is 0 Å². The van der Waals surface area contributed by atoms with Crippen LogP contribution in [0.5, 0.6) is 23.0 Å². The molecule has 2 heterocycles. The van der Waals surface area contributed by atoms with Crippen molar-refractivity contribution in [2.24, 2.45) is 0 Å². The zero-order chi connectivity index (χ0) is 21.4. The fraction of sp³-hybridized carbons (Fsp3) is 0.0952. The van der Waals surface area contributed by atoms with Crippen molar-refractivity contribution in [1.29, 1.82) is 0 Å². The molecular formula is C21H14Cl2N2O5. The van der Waals surface area contributed by atoms with E-state index in [9.17, 15) is 15.0 Å². The second-order valence-corrected chi connectivity index (χ2v) is 7.79. The Labute approximate surface area is 180 Å². The SMILES string of the molecule is CNc1ccc2c(c1N)C(=O)OC21c2cc(Cl)c(O)cc2Oc2cc(O)c(Cl)cc21. The molecular weight excluding hydrogens is 431 g/mol. The predicted octanol–water partition coefficient (Wildman–Crippen LogP) is 4.60. The number of benzene rings is 3. The molecule has 0 atom stereocenters. The first-order valence-corrected chi connectivity index (χ1v) is 9.61. The van der Waals surface area contributed by atoms with E-state index < -0.39 is 11.6 Å². The van der Waals surface area contributed by atoms with Gasteiger partial charge < -0.3 is 30.7 Å². The van der Waals surface area contributed by atoms with Gasteiger partial charge in [0.1, 0.15) is 23.0 Å². The molecule has 3 aromatic carbocycles. The van der Waals surface area contributed by atoms with Gasteiger partial charge in [0, 0.05) is 35.9 Å². The van der Waals surface area contributed by atoms with Crippen LogP contribution in [-0.2, 0) is 10.3 Å². The van der Waals surface area contributed by atoms with Crippen LogP contribution in [0.3, 0.4) is 0 Å². The number of carbonyl (C=O) groups is 1. The summed E-state index contributed by atoms with van der Waals surface area (Å²) in [6.07, 6.45) is 0. The molecule has 0 aliphatic carbocycles. The largest absolute Gasteiger partial charge is 0.506 e. The van der Waals surface area contributed by atoms with E-state index in [-0.39, 0.29) is 44.3 Å². The van der Waals surface area contributed by atoms with Gasteiger partial charge in [-0.05, 0) is 18.2 Å². The number of hydrogen-bond donors (Lipinski definition) is 4. The van der Waals surface area contributed by atoms with Crippen LogP contribution in [-0.4, -0.2) is 23.2 Å². The summed E-state index contributed by atoms with van der Waals surface area (Å²) in [6.45, 7) is 0. The topological polar surface area (TPSA) is 114 Å². The number of fused-ring (bicyclic) bond motifs is 6. The number of phenolic OH excluding ortho intramolecular Hbond substituents is 2. The second-order valence-electron chi connectivity index (χ2n) is 6.97. The zero-order valence-electron chi connectivity index (χ0n) is 15.4. The zero-order valence-corrected chi connectivity index (χ0v) is 16.9. The highest BCUT2D eigenvalue weighted by atomic mass is 35.5. The summed E-state index contributed by atoms with van der Waals surface area (Å²) >= 11 is 12.4. The van der Waals surface area contributed by atoms with Crippen molar-refractivity contribution in [3.05, 3.63) is 68.7 Å². The molecule has 2 aliphatic rings. The minimum atomic E-state index is -1.48. The quantitative estimate of drug-likeness (QED) is 0.320. The number of rotatable bonds is 1. The summed E-state index contributed by atoms with van der Waals surface area (Å²) in [5, 5.41) is 23.2. The number of halogens is 2. The minimum Gasteiger partial charge on any atom is -0.506 e. The normalized spacial score (nSPS) is 15.1. The van der Waals surface area contributed by atoms with Gasteiger partial charge in [-0.3, -0.25) is 0 Å². The van der Waals surface area contributed by atoms with Crippen LogP contribution < -0.4 is 15.8 Å². The molecule has 9 heteroatoms. The van der Waals surface area contributed by atoms with Crippen molar-refractivity contribution in [1.82, 2.24) is 0 Å². The van der Waals surface area contributed by atoms with Crippen LogP contribution in [0.2, 0.25) is 10.0 Å². The van der Waals surface area contributed by atoms with E-state index in [0.29, 0.717) is 22.4 Å². The average molecular weight is 445 g/mol. The van der Waals surface area contributed by atoms with Crippen LogP contribution in [0, 0.1) is 0 Å². The number of anilines is 2. The third-order valence-corrected chi connectivity index (χ3v) is 6.03. The molecule has 2 aliphatic heterocycles. The lowest BCUT2D eigenvalue weighted by Gasteiger charge is -2.36. The lowest BCUT2D eigenvalue weighted by molar-refractivity contribution is 0.0224. The molecule has 0 radical (unpaired) electrons. The van der Waals surface area contributed by atoms with E-state index >= 15 is 0 Å². The molecule has 7 nitrogen and oxygen atoms in total. The monoisotopic (exact) mass is 444 g/mol. The smallest absolute Gasteiger partial charge is 0.342 e. The summed E-state index contributed by atoms with van der Waals surface area (Å²) in [5.74, 6) is -0.624. The van der Waals surface area contributed by atoms with Crippen LogP contribution in [0.15, 0.2) is 36.4 Å². The number of nitrogen functional groups attached to an aromatic ring is 1. The molecule has 30 heavy (non-hydrogen) atoms. The Hall–Kier alpha value is -3.29. The van der Waals surface area contributed by atoms with Gasteiger partial charge >= 0.3 is 5.97 Å². The van der Waals surface area contributed by atoms with Gasteiger partial charge in [0.2, 0.25) is 0 Å². The third kappa shape index (κ3) is 2.24. The minimum absolute atomic E-state index is 0.0503. The third-order valence-electron chi connectivity index (χ3n) is 5.42. The first-order chi connectivity index (χ1) is 14.3. The second kappa shape index (κ2) is 6.10. The molecule has 5 N–H and O–H groups in total. The first-order valence-electron chi connectivity index (χ1n) is 8.85. The summed E-state index contributed by atoms with van der Waals surface area (Å²) in [5.41, 5.74) is 7.03. The molecule has 0 aromatic heterocycles. The van der Waals surface area contributed by atoms with Crippen molar-refractivity contribution in [2.45, 2.75) is 5.60 Å². The number of carbonyl (C=O) groups excluding carboxylic acids is 1. The molecule has 0 fully saturated rings. The molecule has 0 amide bonds. The van der Waals surface area contributed by atoms with E-state index in [4.69, 9.17) is 38.4 Å². The Balaban J connectivity index is 1.93. The van der Waals surface area contributed by atoms with Gasteiger partial charge in [-0.2, -0.15) is 0 Å². The number of aromatic hydroxyl groups is 2. The van der Waals surface area contributed by atoms with Crippen LogP contribution >= 0.6 is 23.2 Å². The van der Waals surface area contributed by atoms with Crippen molar-refractivity contribution < 1.29 is 24.5 Å². The van der Waals surface area contributed by atoms with E-state index in [1.807, 2.05) is 0 Å². The molecule has 0 saturated carbocycles. The lowest BCUT2D eigenvalue weighted by Crippen LogP contribution is -2.33. The van der Waals surface area contributed by atoms with E-state index in [0.717, 1.165) is 0 Å². The highest BCUT2D eigenvalue weighted by Crippen LogP contribution is 2.59. The van der Waals surface area contributed by atoms with Crippen LogP contribution in [0.1, 0.15) is 27.0 Å². The van der Waals surface area contributed by atoms with E-state index in [2.05, 4.69) is 5.32 Å². The Bertz CT molecular complexity index is 1220. The molecule has 3 aromatic rings. The van der Waals surface area contributed by atoms with Gasteiger partial charge in [-0.1, -0.05) is 29.3 Å². The molecule has 5 rings (SSSR count). The van der Waals surface area contributed by atoms with Gasteiger partial charge in [0.05, 0.1) is 27.0 Å².